The summed E-state index contributed by atoms with van der Waals surface area (Å²) >= 11 is 17.5. The van der Waals surface area contributed by atoms with Gasteiger partial charge in [0.2, 0.25) is 3.79 Å². The van der Waals surface area contributed by atoms with Crippen LogP contribution < -0.4 is 5.32 Å². The van der Waals surface area contributed by atoms with Gasteiger partial charge in [-0.2, -0.15) is 0 Å². The number of hydrogen-bond donors (Lipinski definition) is 1. The van der Waals surface area contributed by atoms with Gasteiger partial charge in [0, 0.05) is 13.1 Å². The number of halogens is 3. The number of alkyl halides is 3. The lowest BCUT2D eigenvalue weighted by Crippen LogP contribution is -2.61. The van der Waals surface area contributed by atoms with E-state index in [-0.39, 0.29) is 12.1 Å². The molecule has 0 aromatic heterocycles. The second kappa shape index (κ2) is 5.32. The predicted octanol–water partition coefficient (Wildman–Crippen LogP) is 2.87. The van der Waals surface area contributed by atoms with E-state index >= 15 is 0 Å². The molecule has 2 bridgehead atoms. The van der Waals surface area contributed by atoms with Crippen molar-refractivity contribution in [1.29, 1.82) is 0 Å². The van der Waals surface area contributed by atoms with E-state index in [9.17, 15) is 4.79 Å². The minimum Gasteiger partial charge on any atom is -0.439 e. The maximum absolute atomic E-state index is 12.3. The average molecular weight is 328 g/mol. The van der Waals surface area contributed by atoms with E-state index in [2.05, 4.69) is 11.4 Å². The number of rotatable bonds is 1. The molecular formula is C12H17Cl3N2O2. The zero-order valence-electron chi connectivity index (χ0n) is 10.8. The second-order valence-electron chi connectivity index (χ2n) is 5.33. The highest BCUT2D eigenvalue weighted by Gasteiger charge is 2.46. The average Bonchev–Trinajstić information content (AvgIpc) is 2.25. The van der Waals surface area contributed by atoms with Crippen LogP contribution >= 0.6 is 34.8 Å². The van der Waals surface area contributed by atoms with Gasteiger partial charge in [-0.25, -0.2) is 4.79 Å². The first-order valence-electron chi connectivity index (χ1n) is 6.18. The lowest BCUT2D eigenvalue weighted by atomic mass is 9.99. The van der Waals surface area contributed by atoms with E-state index in [4.69, 9.17) is 39.5 Å². The number of piperazine rings is 1. The number of ether oxygens (including phenoxy) is 1. The van der Waals surface area contributed by atoms with Crippen LogP contribution in [0.3, 0.4) is 0 Å². The van der Waals surface area contributed by atoms with Crippen molar-refractivity contribution in [1.82, 2.24) is 10.2 Å². The minimum absolute atomic E-state index is 0.00572. The molecule has 2 unspecified atom stereocenters. The SMILES string of the molecule is CC(C)(OC(=O)N1C2C=CCC1CNC2)C(Cl)(Cl)Cl. The van der Waals surface area contributed by atoms with E-state index in [0.29, 0.717) is 0 Å². The molecule has 1 N–H and O–H groups in total. The van der Waals surface area contributed by atoms with Crippen molar-refractivity contribution in [3.63, 3.8) is 0 Å². The van der Waals surface area contributed by atoms with Crippen LogP contribution in [-0.2, 0) is 4.74 Å². The van der Waals surface area contributed by atoms with Crippen LogP contribution in [0.4, 0.5) is 4.79 Å². The van der Waals surface area contributed by atoms with Gasteiger partial charge in [0.1, 0.15) is 0 Å². The molecule has 2 aliphatic heterocycles. The lowest BCUT2D eigenvalue weighted by Gasteiger charge is -2.44. The van der Waals surface area contributed by atoms with Gasteiger partial charge < -0.3 is 10.1 Å². The molecule has 2 atom stereocenters. The van der Waals surface area contributed by atoms with E-state index in [1.165, 1.54) is 0 Å². The Morgan fingerprint density at radius 3 is 2.63 bits per heavy atom. The number of carbonyl (C=O) groups excluding carboxylic acids is 1. The maximum Gasteiger partial charge on any atom is 0.411 e. The third kappa shape index (κ3) is 3.13. The Hall–Kier alpha value is -0.160. The first-order chi connectivity index (χ1) is 8.72. The molecule has 4 nitrogen and oxygen atoms in total. The standard InChI is InChI=1S/C12H17Cl3N2O2/c1-11(2,12(13,14)15)19-10(18)17-8-4-3-5-9(17)7-16-6-8/h3-4,8-9,16H,5-7H2,1-2H3. The van der Waals surface area contributed by atoms with Gasteiger partial charge >= 0.3 is 6.09 Å². The van der Waals surface area contributed by atoms with Gasteiger partial charge in [-0.3, -0.25) is 4.90 Å². The van der Waals surface area contributed by atoms with Crippen LogP contribution in [0.2, 0.25) is 0 Å². The largest absolute Gasteiger partial charge is 0.439 e. The molecule has 0 aliphatic carbocycles. The molecule has 108 valence electrons. The van der Waals surface area contributed by atoms with E-state index < -0.39 is 15.5 Å². The predicted molar refractivity (Wildman–Crippen MR) is 76.9 cm³/mol. The summed E-state index contributed by atoms with van der Waals surface area (Å²) in [5.74, 6) is 0. The molecular weight excluding hydrogens is 311 g/mol. The van der Waals surface area contributed by atoms with Gasteiger partial charge in [-0.15, -0.1) is 0 Å². The number of fused-ring (bicyclic) bond motifs is 2. The zero-order chi connectivity index (χ0) is 14.3. The summed E-state index contributed by atoms with van der Waals surface area (Å²) in [7, 11) is 0. The van der Waals surface area contributed by atoms with Crippen LogP contribution in [-0.4, -0.2) is 45.6 Å². The van der Waals surface area contributed by atoms with Crippen LogP contribution in [0.1, 0.15) is 20.3 Å². The van der Waals surface area contributed by atoms with Crippen molar-refractivity contribution in [2.45, 2.75) is 41.7 Å². The zero-order valence-corrected chi connectivity index (χ0v) is 13.1. The number of nitrogens with zero attached hydrogens (tertiary/aromatic N) is 1. The smallest absolute Gasteiger partial charge is 0.411 e. The molecule has 0 aromatic carbocycles. The number of carbonyl (C=O) groups is 1. The fourth-order valence-corrected chi connectivity index (χ4v) is 2.34. The fraction of sp³-hybridized carbons (Fsp3) is 0.750. The maximum atomic E-state index is 12.3. The minimum atomic E-state index is -1.67. The molecule has 1 fully saturated rings. The Morgan fingerprint density at radius 2 is 2.05 bits per heavy atom. The molecule has 1 amide bonds. The Balaban J connectivity index is 2.10. The number of nitrogens with one attached hydrogen (secondary N) is 1. The highest BCUT2D eigenvalue weighted by atomic mass is 35.6. The summed E-state index contributed by atoms with van der Waals surface area (Å²) in [6.07, 6.45) is 4.48. The molecule has 0 aromatic rings. The van der Waals surface area contributed by atoms with Crippen molar-refractivity contribution in [3.05, 3.63) is 12.2 Å². The van der Waals surface area contributed by atoms with Gasteiger partial charge in [-0.05, 0) is 20.3 Å². The molecule has 0 radical (unpaired) electrons. The Kier molecular flexibility index (Phi) is 4.26. The Labute approximate surface area is 128 Å². The van der Waals surface area contributed by atoms with Crippen LogP contribution in [0.25, 0.3) is 0 Å². The summed E-state index contributed by atoms with van der Waals surface area (Å²) in [5, 5.41) is 3.29. The van der Waals surface area contributed by atoms with Gasteiger partial charge in [0.15, 0.2) is 5.60 Å². The van der Waals surface area contributed by atoms with Crippen molar-refractivity contribution in [2.75, 3.05) is 13.1 Å². The lowest BCUT2D eigenvalue weighted by molar-refractivity contribution is -0.00474. The van der Waals surface area contributed by atoms with E-state index in [0.717, 1.165) is 19.5 Å². The summed E-state index contributed by atoms with van der Waals surface area (Å²) in [5.41, 5.74) is -1.18. The van der Waals surface area contributed by atoms with Crippen molar-refractivity contribution < 1.29 is 9.53 Å². The molecule has 0 spiro atoms. The first-order valence-corrected chi connectivity index (χ1v) is 7.31. The Morgan fingerprint density at radius 1 is 1.37 bits per heavy atom. The van der Waals surface area contributed by atoms with Crippen molar-refractivity contribution in [3.8, 4) is 0 Å². The summed E-state index contributed by atoms with van der Waals surface area (Å²) in [6.45, 7) is 4.65. The molecule has 1 saturated heterocycles. The molecule has 19 heavy (non-hydrogen) atoms. The van der Waals surface area contributed by atoms with Gasteiger partial charge in [0.25, 0.3) is 0 Å². The monoisotopic (exact) mass is 326 g/mol. The van der Waals surface area contributed by atoms with E-state index in [1.807, 2.05) is 6.08 Å². The topological polar surface area (TPSA) is 41.6 Å². The normalized spacial score (nSPS) is 27.3. The molecule has 2 aliphatic rings. The van der Waals surface area contributed by atoms with Gasteiger partial charge in [0.05, 0.1) is 12.1 Å². The number of amides is 1. The van der Waals surface area contributed by atoms with Crippen LogP contribution in [0.5, 0.6) is 0 Å². The van der Waals surface area contributed by atoms with Crippen LogP contribution in [0.15, 0.2) is 12.2 Å². The molecule has 7 heteroatoms. The Bertz CT molecular complexity index is 393. The van der Waals surface area contributed by atoms with Crippen molar-refractivity contribution >= 4 is 40.9 Å². The third-order valence-corrected chi connectivity index (χ3v) is 4.85. The first kappa shape index (κ1) is 15.2. The highest BCUT2D eigenvalue weighted by Crippen LogP contribution is 2.41. The van der Waals surface area contributed by atoms with Crippen LogP contribution in [0, 0.1) is 0 Å². The highest BCUT2D eigenvalue weighted by molar-refractivity contribution is 6.68. The second-order valence-corrected chi connectivity index (χ2v) is 7.61. The van der Waals surface area contributed by atoms with Gasteiger partial charge in [-0.1, -0.05) is 47.0 Å². The number of hydrogen-bond acceptors (Lipinski definition) is 3. The molecule has 2 rings (SSSR count). The molecule has 0 saturated carbocycles. The van der Waals surface area contributed by atoms with Crippen molar-refractivity contribution in [2.24, 2.45) is 0 Å². The molecule has 2 heterocycles. The quantitative estimate of drug-likeness (QED) is 0.595. The summed E-state index contributed by atoms with van der Waals surface area (Å²) < 4.78 is 3.74. The summed E-state index contributed by atoms with van der Waals surface area (Å²) in [6, 6.07) is 0.105. The third-order valence-electron chi connectivity index (χ3n) is 3.49. The van der Waals surface area contributed by atoms with E-state index in [1.54, 1.807) is 18.7 Å². The summed E-state index contributed by atoms with van der Waals surface area (Å²) in [4.78, 5) is 14.1. The fourth-order valence-electron chi connectivity index (χ4n) is 2.23.